The number of benzene rings is 1. The van der Waals surface area contributed by atoms with Crippen LogP contribution in [0.25, 0.3) is 0 Å². The van der Waals surface area contributed by atoms with E-state index in [1.807, 2.05) is 0 Å². The number of hydrogen-bond donors (Lipinski definition) is 1. The average Bonchev–Trinajstić information content (AvgIpc) is 2.46. The number of carbonyl (C=O) groups is 1. The Morgan fingerprint density at radius 2 is 2.14 bits per heavy atom. The van der Waals surface area contributed by atoms with Gasteiger partial charge in [0, 0.05) is 29.1 Å². The summed E-state index contributed by atoms with van der Waals surface area (Å²) in [5, 5.41) is 13.7. The number of amides is 1. The van der Waals surface area contributed by atoms with Crippen molar-refractivity contribution in [1.29, 1.82) is 0 Å². The smallest absolute Gasteiger partial charge is 0.269 e. The predicted octanol–water partition coefficient (Wildman–Crippen LogP) is 3.59. The molecule has 1 aromatic rings. The number of rotatable bonds is 4. The molecule has 0 aliphatic heterocycles. The third kappa shape index (κ3) is 4.03. The molecule has 6 heteroatoms. The summed E-state index contributed by atoms with van der Waals surface area (Å²) in [4.78, 5) is 22.9. The van der Waals surface area contributed by atoms with E-state index in [9.17, 15) is 14.9 Å². The standard InChI is InChI=1S/C15H19BrN2O3/c1-10-8-12(18(20)21)6-7-13(10)15(19)17-9-11-4-2-3-5-14(11)16/h6-8,11,14H,2-5,9H2,1H3,(H,17,19). The zero-order chi connectivity index (χ0) is 15.4. The summed E-state index contributed by atoms with van der Waals surface area (Å²) < 4.78 is 0. The van der Waals surface area contributed by atoms with Gasteiger partial charge in [-0.3, -0.25) is 14.9 Å². The van der Waals surface area contributed by atoms with Crippen molar-refractivity contribution in [2.45, 2.75) is 37.4 Å². The Hall–Kier alpha value is -1.43. The Bertz CT molecular complexity index is 548. The highest BCUT2D eigenvalue weighted by molar-refractivity contribution is 9.09. The number of halogens is 1. The SMILES string of the molecule is Cc1cc([N+](=O)[O-])ccc1C(=O)NCC1CCCCC1Br. The first kappa shape index (κ1) is 15.9. The highest BCUT2D eigenvalue weighted by atomic mass is 79.9. The molecule has 1 aliphatic carbocycles. The molecule has 1 aliphatic rings. The number of nitrogens with zero attached hydrogens (tertiary/aromatic N) is 1. The first-order chi connectivity index (χ1) is 9.99. The van der Waals surface area contributed by atoms with Gasteiger partial charge in [-0.25, -0.2) is 0 Å². The van der Waals surface area contributed by atoms with Crippen LogP contribution < -0.4 is 5.32 Å². The van der Waals surface area contributed by atoms with Crippen LogP contribution in [0, 0.1) is 23.0 Å². The molecule has 0 heterocycles. The molecular formula is C15H19BrN2O3. The third-order valence-corrected chi connectivity index (χ3v) is 5.21. The second-order valence-corrected chi connectivity index (χ2v) is 6.70. The van der Waals surface area contributed by atoms with E-state index in [0.29, 0.717) is 28.4 Å². The molecule has 21 heavy (non-hydrogen) atoms. The number of nitrogens with one attached hydrogen (secondary N) is 1. The molecular weight excluding hydrogens is 336 g/mol. The van der Waals surface area contributed by atoms with E-state index in [0.717, 1.165) is 12.8 Å². The normalized spacial score (nSPS) is 21.8. The summed E-state index contributed by atoms with van der Waals surface area (Å²) in [5.74, 6) is 0.300. The number of non-ortho nitro benzene ring substituents is 1. The fourth-order valence-electron chi connectivity index (χ4n) is 2.73. The average molecular weight is 355 g/mol. The summed E-state index contributed by atoms with van der Waals surface area (Å²) in [5.41, 5.74) is 1.14. The molecule has 1 N–H and O–H groups in total. The fraction of sp³-hybridized carbons (Fsp3) is 0.533. The summed E-state index contributed by atoms with van der Waals surface area (Å²) >= 11 is 3.67. The quantitative estimate of drug-likeness (QED) is 0.510. The van der Waals surface area contributed by atoms with Gasteiger partial charge in [0.2, 0.25) is 0 Å². The molecule has 2 unspecified atom stereocenters. The minimum absolute atomic E-state index is 0.0110. The lowest BCUT2D eigenvalue weighted by molar-refractivity contribution is -0.384. The first-order valence-corrected chi connectivity index (χ1v) is 8.08. The van der Waals surface area contributed by atoms with Gasteiger partial charge in [0.1, 0.15) is 0 Å². The van der Waals surface area contributed by atoms with Crippen LogP contribution in [0.15, 0.2) is 18.2 Å². The monoisotopic (exact) mass is 354 g/mol. The van der Waals surface area contributed by atoms with Crippen LogP contribution >= 0.6 is 15.9 Å². The zero-order valence-electron chi connectivity index (χ0n) is 12.0. The van der Waals surface area contributed by atoms with Gasteiger partial charge in [-0.2, -0.15) is 0 Å². The van der Waals surface area contributed by atoms with Crippen molar-refractivity contribution in [2.24, 2.45) is 5.92 Å². The molecule has 114 valence electrons. The Labute approximate surface area is 132 Å². The fourth-order valence-corrected chi connectivity index (χ4v) is 3.50. The third-order valence-electron chi connectivity index (χ3n) is 4.01. The van der Waals surface area contributed by atoms with Gasteiger partial charge in [0.05, 0.1) is 4.92 Å². The van der Waals surface area contributed by atoms with Crippen molar-refractivity contribution in [3.8, 4) is 0 Å². The number of alkyl halides is 1. The maximum Gasteiger partial charge on any atom is 0.269 e. The molecule has 1 saturated carbocycles. The number of nitro benzene ring substituents is 1. The molecule has 2 atom stereocenters. The molecule has 0 bridgehead atoms. The largest absolute Gasteiger partial charge is 0.352 e. The first-order valence-electron chi connectivity index (χ1n) is 7.16. The summed E-state index contributed by atoms with van der Waals surface area (Å²) in [7, 11) is 0. The van der Waals surface area contributed by atoms with Crippen molar-refractivity contribution in [2.75, 3.05) is 6.54 Å². The van der Waals surface area contributed by atoms with Crippen LogP contribution in [0.3, 0.4) is 0 Å². The van der Waals surface area contributed by atoms with E-state index in [4.69, 9.17) is 0 Å². The van der Waals surface area contributed by atoms with E-state index in [1.165, 1.54) is 31.0 Å². The van der Waals surface area contributed by atoms with E-state index in [2.05, 4.69) is 21.2 Å². The molecule has 2 rings (SSSR count). The lowest BCUT2D eigenvalue weighted by atomic mass is 9.89. The lowest BCUT2D eigenvalue weighted by Crippen LogP contribution is -2.34. The number of nitro groups is 1. The van der Waals surface area contributed by atoms with Crippen LogP contribution in [0.5, 0.6) is 0 Å². The minimum Gasteiger partial charge on any atom is -0.352 e. The van der Waals surface area contributed by atoms with Crippen LogP contribution in [-0.4, -0.2) is 22.2 Å². The topological polar surface area (TPSA) is 72.2 Å². The highest BCUT2D eigenvalue weighted by Crippen LogP contribution is 2.29. The molecule has 0 aromatic heterocycles. The van der Waals surface area contributed by atoms with Crippen molar-refractivity contribution >= 4 is 27.5 Å². The molecule has 5 nitrogen and oxygen atoms in total. The van der Waals surface area contributed by atoms with Crippen LogP contribution in [-0.2, 0) is 0 Å². The molecule has 0 saturated heterocycles. The van der Waals surface area contributed by atoms with Crippen molar-refractivity contribution in [3.05, 3.63) is 39.4 Å². The zero-order valence-corrected chi connectivity index (χ0v) is 13.6. The number of carbonyl (C=O) groups excluding carboxylic acids is 1. The summed E-state index contributed by atoms with van der Waals surface area (Å²) in [6.45, 7) is 2.36. The van der Waals surface area contributed by atoms with Gasteiger partial charge in [0.25, 0.3) is 11.6 Å². The van der Waals surface area contributed by atoms with Crippen molar-refractivity contribution < 1.29 is 9.72 Å². The number of hydrogen-bond acceptors (Lipinski definition) is 3. The molecule has 1 amide bonds. The van der Waals surface area contributed by atoms with E-state index in [-0.39, 0.29) is 11.6 Å². The van der Waals surface area contributed by atoms with Gasteiger partial charge < -0.3 is 5.32 Å². The summed E-state index contributed by atoms with van der Waals surface area (Å²) in [6.07, 6.45) is 4.72. The Morgan fingerprint density at radius 1 is 1.43 bits per heavy atom. The summed E-state index contributed by atoms with van der Waals surface area (Å²) in [6, 6.07) is 4.33. The van der Waals surface area contributed by atoms with Crippen LogP contribution in [0.4, 0.5) is 5.69 Å². The van der Waals surface area contributed by atoms with E-state index in [1.54, 1.807) is 6.92 Å². The number of aryl methyl sites for hydroxylation is 1. The Balaban J connectivity index is 1.98. The minimum atomic E-state index is -0.452. The molecule has 0 spiro atoms. The van der Waals surface area contributed by atoms with Crippen LogP contribution in [0.1, 0.15) is 41.6 Å². The van der Waals surface area contributed by atoms with E-state index >= 15 is 0 Å². The van der Waals surface area contributed by atoms with Gasteiger partial charge in [0.15, 0.2) is 0 Å². The van der Waals surface area contributed by atoms with Gasteiger partial charge >= 0.3 is 0 Å². The maximum atomic E-state index is 12.2. The second kappa shape index (κ2) is 7.02. The molecule has 0 radical (unpaired) electrons. The van der Waals surface area contributed by atoms with Crippen molar-refractivity contribution in [3.63, 3.8) is 0 Å². The predicted molar refractivity (Wildman–Crippen MR) is 84.8 cm³/mol. The molecule has 1 fully saturated rings. The van der Waals surface area contributed by atoms with E-state index < -0.39 is 4.92 Å². The van der Waals surface area contributed by atoms with Crippen LogP contribution in [0.2, 0.25) is 0 Å². The van der Waals surface area contributed by atoms with Crippen molar-refractivity contribution in [1.82, 2.24) is 5.32 Å². The van der Waals surface area contributed by atoms with Gasteiger partial charge in [-0.1, -0.05) is 28.8 Å². The Morgan fingerprint density at radius 3 is 2.76 bits per heavy atom. The lowest BCUT2D eigenvalue weighted by Gasteiger charge is -2.27. The molecule has 1 aromatic carbocycles. The van der Waals surface area contributed by atoms with Gasteiger partial charge in [-0.05, 0) is 37.3 Å². The van der Waals surface area contributed by atoms with Gasteiger partial charge in [-0.15, -0.1) is 0 Å². The Kier molecular flexibility index (Phi) is 5.33. The highest BCUT2D eigenvalue weighted by Gasteiger charge is 2.23. The second-order valence-electron chi connectivity index (χ2n) is 5.53. The maximum absolute atomic E-state index is 12.2.